The number of rotatable bonds is 7. The second-order valence-corrected chi connectivity index (χ2v) is 9.16. The first kappa shape index (κ1) is 23.1. The summed E-state index contributed by atoms with van der Waals surface area (Å²) in [6.45, 7) is 2.12. The summed E-state index contributed by atoms with van der Waals surface area (Å²) in [6.07, 6.45) is 3.93. The largest absolute Gasteiger partial charge is 0.496 e. The summed E-state index contributed by atoms with van der Waals surface area (Å²) in [5.74, 6) is -2.39. The maximum Gasteiger partial charge on any atom is 0.310 e. The number of esters is 1. The van der Waals surface area contributed by atoms with Crippen molar-refractivity contribution < 1.29 is 28.9 Å². The van der Waals surface area contributed by atoms with E-state index in [-0.39, 0.29) is 12.1 Å². The second kappa shape index (κ2) is 9.86. The summed E-state index contributed by atoms with van der Waals surface area (Å²) in [5, 5.41) is 10.3. The second-order valence-electron chi connectivity index (χ2n) is 9.16. The van der Waals surface area contributed by atoms with Crippen molar-refractivity contribution in [2.24, 2.45) is 17.8 Å². The van der Waals surface area contributed by atoms with Crippen LogP contribution in [0.15, 0.2) is 48.5 Å². The van der Waals surface area contributed by atoms with E-state index in [1.54, 1.807) is 26.4 Å². The van der Waals surface area contributed by atoms with E-state index in [0.717, 1.165) is 36.8 Å². The van der Waals surface area contributed by atoms with Gasteiger partial charge < -0.3 is 19.3 Å². The minimum Gasteiger partial charge on any atom is -0.496 e. The number of methoxy groups -OCH3 is 2. The number of carboxylic acids is 1. The van der Waals surface area contributed by atoms with Crippen molar-refractivity contribution in [3.63, 3.8) is 0 Å². The highest BCUT2D eigenvalue weighted by molar-refractivity contribution is 5.85. The zero-order chi connectivity index (χ0) is 23.5. The normalized spacial score (nSPS) is 28.9. The first-order chi connectivity index (χ1) is 16.0. The number of aliphatic carboxylic acids is 1. The van der Waals surface area contributed by atoms with Crippen LogP contribution in [0.2, 0.25) is 0 Å². The third kappa shape index (κ3) is 4.31. The summed E-state index contributed by atoms with van der Waals surface area (Å²) in [4.78, 5) is 26.2. The zero-order valence-electron chi connectivity index (χ0n) is 19.4. The molecule has 0 aliphatic heterocycles. The number of hydrogen-bond donors (Lipinski definition) is 1. The Labute approximate surface area is 194 Å². The van der Waals surface area contributed by atoms with Crippen molar-refractivity contribution in [1.29, 1.82) is 0 Å². The lowest BCUT2D eigenvalue weighted by molar-refractivity contribution is -0.171. The molecule has 0 heterocycles. The molecule has 2 aromatic carbocycles. The monoisotopic (exact) mass is 452 g/mol. The van der Waals surface area contributed by atoms with Crippen molar-refractivity contribution in [1.82, 2.24) is 0 Å². The molecular formula is C27H32O6. The van der Waals surface area contributed by atoms with E-state index in [2.05, 4.69) is 6.92 Å². The lowest BCUT2D eigenvalue weighted by atomic mass is 9.52. The van der Waals surface area contributed by atoms with Crippen LogP contribution in [0.25, 0.3) is 0 Å². The minimum absolute atomic E-state index is 0.133. The fraction of sp³-hybridized carbons (Fsp3) is 0.481. The highest BCUT2D eigenvalue weighted by atomic mass is 16.5. The number of benzene rings is 2. The van der Waals surface area contributed by atoms with Crippen LogP contribution in [0.3, 0.4) is 0 Å². The summed E-state index contributed by atoms with van der Waals surface area (Å²) in [7, 11) is 3.12. The molecule has 0 saturated heterocycles. The predicted molar refractivity (Wildman–Crippen MR) is 124 cm³/mol. The van der Waals surface area contributed by atoms with Crippen LogP contribution in [-0.4, -0.2) is 37.4 Å². The molecular weight excluding hydrogens is 420 g/mol. The van der Waals surface area contributed by atoms with Crippen LogP contribution >= 0.6 is 0 Å². The van der Waals surface area contributed by atoms with E-state index < -0.39 is 29.6 Å². The summed E-state index contributed by atoms with van der Waals surface area (Å²) >= 11 is 0. The molecule has 0 radical (unpaired) electrons. The Morgan fingerprint density at radius 2 is 1.33 bits per heavy atom. The molecule has 2 aromatic rings. The Kier molecular flexibility index (Phi) is 6.91. The molecule has 1 N–H and O–H groups in total. The molecule has 0 unspecified atom stereocenters. The number of carbonyl (C=O) groups excluding carboxylic acids is 1. The molecule has 4 atom stereocenters. The van der Waals surface area contributed by atoms with Gasteiger partial charge in [-0.25, -0.2) is 0 Å². The van der Waals surface area contributed by atoms with Crippen molar-refractivity contribution >= 4 is 11.9 Å². The van der Waals surface area contributed by atoms with Crippen molar-refractivity contribution in [3.8, 4) is 11.5 Å². The number of carbonyl (C=O) groups is 2. The van der Waals surface area contributed by atoms with Crippen LogP contribution < -0.4 is 9.47 Å². The van der Waals surface area contributed by atoms with Gasteiger partial charge in [0.25, 0.3) is 0 Å². The first-order valence-electron chi connectivity index (χ1n) is 11.7. The lowest BCUT2D eigenvalue weighted by Crippen LogP contribution is -2.52. The van der Waals surface area contributed by atoms with Gasteiger partial charge in [0.2, 0.25) is 0 Å². The zero-order valence-corrected chi connectivity index (χ0v) is 19.4. The Hall–Kier alpha value is -3.02. The van der Waals surface area contributed by atoms with E-state index in [9.17, 15) is 14.7 Å². The summed E-state index contributed by atoms with van der Waals surface area (Å²) in [5.41, 5.74) is 1.44. The molecule has 0 aromatic heterocycles. The first-order valence-corrected chi connectivity index (χ1v) is 11.7. The predicted octanol–water partition coefficient (Wildman–Crippen LogP) is 5.02. The highest BCUT2D eigenvalue weighted by Gasteiger charge is 2.60. The lowest BCUT2D eigenvalue weighted by Gasteiger charge is -2.49. The number of carboxylic acid groups (broad SMARTS) is 1. The van der Waals surface area contributed by atoms with E-state index in [1.165, 1.54) is 0 Å². The number of hydrogen-bond acceptors (Lipinski definition) is 5. The van der Waals surface area contributed by atoms with Crippen LogP contribution in [0.1, 0.15) is 55.6 Å². The molecule has 2 saturated carbocycles. The van der Waals surface area contributed by atoms with E-state index >= 15 is 0 Å². The summed E-state index contributed by atoms with van der Waals surface area (Å²) < 4.78 is 17.2. The summed E-state index contributed by atoms with van der Waals surface area (Å²) in [6, 6.07) is 14.7. The fourth-order valence-corrected chi connectivity index (χ4v) is 5.69. The maximum atomic E-state index is 13.7. The van der Waals surface area contributed by atoms with Crippen LogP contribution in [0.4, 0.5) is 0 Å². The smallest absolute Gasteiger partial charge is 0.310 e. The van der Waals surface area contributed by atoms with Crippen LogP contribution in [0.5, 0.6) is 11.5 Å². The molecule has 2 aliphatic rings. The Balaban J connectivity index is 1.76. The van der Waals surface area contributed by atoms with Gasteiger partial charge in [0.05, 0.1) is 26.1 Å². The van der Waals surface area contributed by atoms with E-state index in [0.29, 0.717) is 17.4 Å². The van der Waals surface area contributed by atoms with Gasteiger partial charge in [-0.2, -0.15) is 0 Å². The van der Waals surface area contributed by atoms with Gasteiger partial charge in [0.15, 0.2) is 0 Å². The standard InChI is InChI=1S/C27H32O6/c1-16-10-4-7-13-19(16)33-27(30)25-22(17-11-5-8-14-20(17)31-2)24(26(28)29)23(25)18-12-6-9-15-21(18)32-3/h5-6,8-9,11-12,14-16,19,22-25H,4,7,10,13H2,1-3H3,(H,28,29)/t16-,19-,22+,23+,24?,25?/m1/s1. The maximum absolute atomic E-state index is 13.7. The Morgan fingerprint density at radius 3 is 1.82 bits per heavy atom. The van der Waals surface area contributed by atoms with Gasteiger partial charge in [-0.3, -0.25) is 9.59 Å². The van der Waals surface area contributed by atoms with Gasteiger partial charge in [0.1, 0.15) is 17.6 Å². The number of ether oxygens (including phenoxy) is 3. The SMILES string of the molecule is COc1ccccc1[C@H]1C(C(=O)O)[C@H](c2ccccc2OC)C1C(=O)O[C@@H]1CCCC[C@H]1C. The quantitative estimate of drug-likeness (QED) is 0.594. The molecule has 0 spiro atoms. The van der Waals surface area contributed by atoms with E-state index in [1.807, 2.05) is 36.4 Å². The highest BCUT2D eigenvalue weighted by Crippen LogP contribution is 2.60. The molecule has 2 fully saturated rings. The Morgan fingerprint density at radius 1 is 0.818 bits per heavy atom. The van der Waals surface area contributed by atoms with Gasteiger partial charge in [-0.1, -0.05) is 49.7 Å². The number of para-hydroxylation sites is 2. The van der Waals surface area contributed by atoms with Crippen LogP contribution in [-0.2, 0) is 14.3 Å². The third-order valence-electron chi connectivity index (χ3n) is 7.40. The molecule has 0 amide bonds. The molecule has 4 rings (SSSR count). The van der Waals surface area contributed by atoms with Crippen molar-refractivity contribution in [2.75, 3.05) is 14.2 Å². The van der Waals surface area contributed by atoms with Crippen molar-refractivity contribution in [3.05, 3.63) is 59.7 Å². The molecule has 6 nitrogen and oxygen atoms in total. The minimum atomic E-state index is -0.947. The molecule has 0 bridgehead atoms. The Bertz CT molecular complexity index is 946. The van der Waals surface area contributed by atoms with Gasteiger partial charge in [0, 0.05) is 11.8 Å². The fourth-order valence-electron chi connectivity index (χ4n) is 5.69. The molecule has 2 aliphatic carbocycles. The van der Waals surface area contributed by atoms with Crippen molar-refractivity contribution in [2.45, 2.75) is 50.5 Å². The molecule has 6 heteroatoms. The molecule has 176 valence electrons. The topological polar surface area (TPSA) is 82.1 Å². The third-order valence-corrected chi connectivity index (χ3v) is 7.40. The molecule has 33 heavy (non-hydrogen) atoms. The van der Waals surface area contributed by atoms with Gasteiger partial charge in [-0.15, -0.1) is 0 Å². The van der Waals surface area contributed by atoms with E-state index in [4.69, 9.17) is 14.2 Å². The average Bonchev–Trinajstić information content (AvgIpc) is 2.80. The van der Waals surface area contributed by atoms with Gasteiger partial charge in [-0.05, 0) is 48.4 Å². The van der Waals surface area contributed by atoms with Gasteiger partial charge >= 0.3 is 11.9 Å². The average molecular weight is 453 g/mol. The van der Waals surface area contributed by atoms with Crippen LogP contribution in [0, 0.1) is 17.8 Å².